The number of hydrogen-bond acceptors (Lipinski definition) is 5. The average molecular weight is 393 g/mol. The Bertz CT molecular complexity index is 796. The van der Waals surface area contributed by atoms with Crippen LogP contribution in [0.15, 0.2) is 36.4 Å². The molecule has 0 spiro atoms. The van der Waals surface area contributed by atoms with Gasteiger partial charge in [-0.05, 0) is 43.9 Å². The summed E-state index contributed by atoms with van der Waals surface area (Å²) < 4.78 is 15.8. The fraction of sp³-hybridized carbons (Fsp3) is 0.350. The second kappa shape index (κ2) is 9.48. The highest BCUT2D eigenvalue weighted by Gasteiger charge is 2.19. The van der Waals surface area contributed by atoms with Gasteiger partial charge < -0.3 is 24.4 Å². The normalized spacial score (nSPS) is 11.8. The number of carbonyl (C=O) groups excluding carboxylic acids is 1. The molecule has 0 aliphatic rings. The molecule has 6 nitrogen and oxygen atoms in total. The van der Waals surface area contributed by atoms with Gasteiger partial charge in [0.2, 0.25) is 0 Å². The number of carbonyl (C=O) groups is 1. The van der Waals surface area contributed by atoms with Gasteiger partial charge in [0.1, 0.15) is 5.75 Å². The largest absolute Gasteiger partial charge is 0.497 e. The smallest absolute Gasteiger partial charge is 0.251 e. The molecule has 1 amide bonds. The van der Waals surface area contributed by atoms with Gasteiger partial charge in [-0.15, -0.1) is 0 Å². The van der Waals surface area contributed by atoms with E-state index in [9.17, 15) is 4.79 Å². The van der Waals surface area contributed by atoms with Crippen LogP contribution >= 0.6 is 11.6 Å². The molecule has 7 heteroatoms. The Labute approximate surface area is 165 Å². The molecule has 0 saturated heterocycles. The lowest BCUT2D eigenvalue weighted by molar-refractivity contribution is 0.0941. The second-order valence-electron chi connectivity index (χ2n) is 6.16. The first-order chi connectivity index (χ1) is 12.9. The van der Waals surface area contributed by atoms with E-state index in [-0.39, 0.29) is 11.9 Å². The predicted molar refractivity (Wildman–Crippen MR) is 106 cm³/mol. The first-order valence-corrected chi connectivity index (χ1v) is 8.79. The number of halogens is 1. The molecule has 0 bridgehead atoms. The molecular formula is C20H25ClN2O4. The lowest BCUT2D eigenvalue weighted by atomic mass is 10.1. The van der Waals surface area contributed by atoms with Crippen molar-refractivity contribution in [3.8, 4) is 17.2 Å². The summed E-state index contributed by atoms with van der Waals surface area (Å²) in [6.07, 6.45) is 0. The zero-order valence-corrected chi connectivity index (χ0v) is 17.0. The van der Waals surface area contributed by atoms with Crippen LogP contribution < -0.4 is 19.5 Å². The van der Waals surface area contributed by atoms with E-state index in [1.165, 1.54) is 14.2 Å². The minimum atomic E-state index is -0.243. The molecule has 2 aromatic carbocycles. The molecule has 0 radical (unpaired) electrons. The Balaban J connectivity index is 2.18. The minimum Gasteiger partial charge on any atom is -0.497 e. The Hall–Kier alpha value is -2.44. The van der Waals surface area contributed by atoms with Crippen LogP contribution in [-0.2, 0) is 0 Å². The summed E-state index contributed by atoms with van der Waals surface area (Å²) in [5.74, 6) is 1.34. The monoisotopic (exact) mass is 392 g/mol. The predicted octanol–water partition coefficient (Wildman–Crippen LogP) is 3.40. The van der Waals surface area contributed by atoms with E-state index in [4.69, 9.17) is 25.8 Å². The molecule has 146 valence electrons. The van der Waals surface area contributed by atoms with Gasteiger partial charge in [0.15, 0.2) is 11.5 Å². The van der Waals surface area contributed by atoms with Crippen LogP contribution in [0.2, 0.25) is 5.02 Å². The maximum Gasteiger partial charge on any atom is 0.251 e. The lowest BCUT2D eigenvalue weighted by Crippen LogP contribution is -2.34. The third-order valence-electron chi connectivity index (χ3n) is 4.25. The number of likely N-dealkylation sites (N-methyl/N-ethyl adjacent to an activating group) is 1. The highest BCUT2D eigenvalue weighted by Crippen LogP contribution is 2.36. The van der Waals surface area contributed by atoms with Crippen molar-refractivity contribution in [2.45, 2.75) is 6.04 Å². The fourth-order valence-corrected chi connectivity index (χ4v) is 3.08. The van der Waals surface area contributed by atoms with Gasteiger partial charge in [0, 0.05) is 12.1 Å². The summed E-state index contributed by atoms with van der Waals surface area (Å²) in [6, 6.07) is 10.9. The summed E-state index contributed by atoms with van der Waals surface area (Å²) in [5.41, 5.74) is 1.45. The molecular weight excluding hydrogens is 368 g/mol. The zero-order chi connectivity index (χ0) is 20.0. The van der Waals surface area contributed by atoms with Crippen LogP contribution in [-0.4, -0.2) is 52.8 Å². The van der Waals surface area contributed by atoms with E-state index < -0.39 is 0 Å². The zero-order valence-electron chi connectivity index (χ0n) is 16.2. The quantitative estimate of drug-likeness (QED) is 0.746. The Morgan fingerprint density at radius 3 is 2.44 bits per heavy atom. The van der Waals surface area contributed by atoms with Crippen molar-refractivity contribution >= 4 is 17.5 Å². The number of nitrogens with one attached hydrogen (secondary N) is 1. The molecule has 0 aliphatic carbocycles. The number of ether oxygens (including phenoxy) is 3. The van der Waals surface area contributed by atoms with Crippen molar-refractivity contribution in [2.75, 3.05) is 42.0 Å². The SMILES string of the molecule is COc1cccc(C(CNC(=O)c2cc(Cl)c(OC)c(OC)c2)N(C)C)c1. The summed E-state index contributed by atoms with van der Waals surface area (Å²) >= 11 is 6.19. The molecule has 2 rings (SSSR count). The molecule has 0 aliphatic heterocycles. The van der Waals surface area contributed by atoms with Crippen LogP contribution in [0.1, 0.15) is 22.0 Å². The summed E-state index contributed by atoms with van der Waals surface area (Å²) in [5, 5.41) is 3.27. The molecule has 0 aromatic heterocycles. The summed E-state index contributed by atoms with van der Waals surface area (Å²) in [6.45, 7) is 0.422. The van der Waals surface area contributed by atoms with Gasteiger partial charge in [-0.3, -0.25) is 4.79 Å². The Morgan fingerprint density at radius 2 is 1.85 bits per heavy atom. The van der Waals surface area contributed by atoms with Gasteiger partial charge in [-0.1, -0.05) is 23.7 Å². The highest BCUT2D eigenvalue weighted by molar-refractivity contribution is 6.32. The number of rotatable bonds is 8. The summed E-state index contributed by atoms with van der Waals surface area (Å²) in [4.78, 5) is 14.7. The minimum absolute atomic E-state index is 0.0142. The molecule has 1 N–H and O–H groups in total. The van der Waals surface area contributed by atoms with Crippen molar-refractivity contribution in [2.24, 2.45) is 0 Å². The maximum absolute atomic E-state index is 12.6. The lowest BCUT2D eigenvalue weighted by Gasteiger charge is -2.25. The third-order valence-corrected chi connectivity index (χ3v) is 4.53. The third kappa shape index (κ3) is 5.05. The molecule has 0 heterocycles. The average Bonchev–Trinajstić information content (AvgIpc) is 2.67. The van der Waals surface area contributed by atoms with Gasteiger partial charge in [0.25, 0.3) is 5.91 Å². The molecule has 2 aromatic rings. The van der Waals surface area contributed by atoms with E-state index in [2.05, 4.69) is 5.32 Å². The van der Waals surface area contributed by atoms with Gasteiger partial charge in [0.05, 0.1) is 32.4 Å². The van der Waals surface area contributed by atoms with Crippen molar-refractivity contribution in [3.05, 3.63) is 52.5 Å². The molecule has 0 fully saturated rings. The van der Waals surface area contributed by atoms with Crippen LogP contribution in [0.5, 0.6) is 17.2 Å². The standard InChI is InChI=1S/C20H25ClN2O4/c1-23(2)17(13-7-6-8-15(9-13)25-3)12-22-20(24)14-10-16(21)19(27-5)18(11-14)26-4/h6-11,17H,12H2,1-5H3,(H,22,24). The van der Waals surface area contributed by atoms with Crippen molar-refractivity contribution < 1.29 is 19.0 Å². The molecule has 1 atom stereocenters. The van der Waals surface area contributed by atoms with Crippen molar-refractivity contribution in [3.63, 3.8) is 0 Å². The van der Waals surface area contributed by atoms with Crippen molar-refractivity contribution in [1.82, 2.24) is 10.2 Å². The summed E-state index contributed by atoms with van der Waals surface area (Å²) in [7, 11) is 8.56. The van der Waals surface area contributed by atoms with E-state index in [0.29, 0.717) is 28.6 Å². The maximum atomic E-state index is 12.6. The second-order valence-corrected chi connectivity index (χ2v) is 6.57. The molecule has 27 heavy (non-hydrogen) atoms. The van der Waals surface area contributed by atoms with E-state index >= 15 is 0 Å². The van der Waals surface area contributed by atoms with E-state index in [0.717, 1.165) is 11.3 Å². The van der Waals surface area contributed by atoms with Crippen molar-refractivity contribution in [1.29, 1.82) is 0 Å². The van der Waals surface area contributed by atoms with E-state index in [1.54, 1.807) is 19.2 Å². The first-order valence-electron chi connectivity index (χ1n) is 8.41. The topological polar surface area (TPSA) is 60.0 Å². The van der Waals surface area contributed by atoms with Crippen LogP contribution in [0.3, 0.4) is 0 Å². The number of amides is 1. The fourth-order valence-electron chi connectivity index (χ4n) is 2.79. The van der Waals surface area contributed by atoms with Crippen LogP contribution in [0.4, 0.5) is 0 Å². The Morgan fingerprint density at radius 1 is 1.11 bits per heavy atom. The van der Waals surface area contributed by atoms with Crippen LogP contribution in [0, 0.1) is 0 Å². The van der Waals surface area contributed by atoms with E-state index in [1.807, 2.05) is 43.3 Å². The number of nitrogens with zero attached hydrogens (tertiary/aromatic N) is 1. The highest BCUT2D eigenvalue weighted by atomic mass is 35.5. The number of benzene rings is 2. The molecule has 0 saturated carbocycles. The number of hydrogen-bond donors (Lipinski definition) is 1. The van der Waals surface area contributed by atoms with Crippen LogP contribution in [0.25, 0.3) is 0 Å². The molecule has 1 unspecified atom stereocenters. The Kier molecular flexibility index (Phi) is 7.33. The van der Waals surface area contributed by atoms with Gasteiger partial charge >= 0.3 is 0 Å². The van der Waals surface area contributed by atoms with Gasteiger partial charge in [-0.2, -0.15) is 0 Å². The number of methoxy groups -OCH3 is 3. The first kappa shape index (κ1) is 20.9. The van der Waals surface area contributed by atoms with Gasteiger partial charge in [-0.25, -0.2) is 0 Å².